The number of carbonyl (C=O) groups is 2. The van der Waals surface area contributed by atoms with Crippen molar-refractivity contribution in [1.82, 2.24) is 0 Å². The molecule has 0 aliphatic heterocycles. The Morgan fingerprint density at radius 1 is 1.15 bits per heavy atom. The van der Waals surface area contributed by atoms with Gasteiger partial charge in [-0.1, -0.05) is 38.1 Å². The van der Waals surface area contributed by atoms with Crippen LogP contribution in [0.25, 0.3) is 0 Å². The first kappa shape index (κ1) is 18.7. The van der Waals surface area contributed by atoms with Gasteiger partial charge in [0, 0.05) is 5.56 Å². The maximum absolute atomic E-state index is 12.9. The van der Waals surface area contributed by atoms with E-state index in [1.54, 1.807) is 0 Å². The van der Waals surface area contributed by atoms with Crippen molar-refractivity contribution in [3.8, 4) is 0 Å². The Labute approximate surface area is 161 Å². The summed E-state index contributed by atoms with van der Waals surface area (Å²) in [5, 5.41) is 10.8. The zero-order chi connectivity index (χ0) is 19.2. The van der Waals surface area contributed by atoms with Crippen molar-refractivity contribution in [2.75, 3.05) is 6.61 Å². The molecule has 2 unspecified atom stereocenters. The van der Waals surface area contributed by atoms with Crippen molar-refractivity contribution in [3.05, 3.63) is 35.4 Å². The van der Waals surface area contributed by atoms with Crippen molar-refractivity contribution in [3.63, 3.8) is 0 Å². The minimum absolute atomic E-state index is 0.164. The van der Waals surface area contributed by atoms with Crippen molar-refractivity contribution < 1.29 is 19.4 Å². The molecule has 5 rings (SSSR count). The van der Waals surface area contributed by atoms with E-state index in [1.165, 1.54) is 5.56 Å². The number of ketones is 1. The fourth-order valence-electron chi connectivity index (χ4n) is 6.05. The molecule has 0 aromatic heterocycles. The maximum atomic E-state index is 12.9. The summed E-state index contributed by atoms with van der Waals surface area (Å²) in [4.78, 5) is 25.3. The van der Waals surface area contributed by atoms with Gasteiger partial charge in [0.05, 0.1) is 11.0 Å². The van der Waals surface area contributed by atoms with Crippen molar-refractivity contribution >= 4 is 11.8 Å². The van der Waals surface area contributed by atoms with Gasteiger partial charge in [-0.2, -0.15) is 0 Å². The molecule has 0 amide bonds. The first-order valence-electron chi connectivity index (χ1n) is 10.4. The third-order valence-corrected chi connectivity index (χ3v) is 7.21. The van der Waals surface area contributed by atoms with Crippen LogP contribution >= 0.6 is 0 Å². The monoisotopic (exact) mass is 370 g/mol. The van der Waals surface area contributed by atoms with Gasteiger partial charge in [0.15, 0.2) is 12.4 Å². The Balaban J connectivity index is 1.39. The molecule has 4 nitrogen and oxygen atoms in total. The number of benzene rings is 1. The van der Waals surface area contributed by atoms with Crippen LogP contribution in [0, 0.1) is 17.3 Å². The second-order valence-corrected chi connectivity index (χ2v) is 9.40. The smallest absolute Gasteiger partial charge is 0.312 e. The molecule has 4 heteroatoms. The molecule has 0 radical (unpaired) electrons. The largest absolute Gasteiger partial charge is 0.457 e. The number of hydrogen-bond donors (Lipinski definition) is 1. The van der Waals surface area contributed by atoms with E-state index in [-0.39, 0.29) is 18.4 Å². The molecule has 4 aliphatic rings. The van der Waals surface area contributed by atoms with Crippen LogP contribution in [0.2, 0.25) is 0 Å². The third-order valence-electron chi connectivity index (χ3n) is 7.21. The summed E-state index contributed by atoms with van der Waals surface area (Å²) in [5.41, 5.74) is 0.533. The fraction of sp³-hybridized carbons (Fsp3) is 0.652. The van der Waals surface area contributed by atoms with Crippen LogP contribution in [0.3, 0.4) is 0 Å². The predicted octanol–water partition coefficient (Wildman–Crippen LogP) is 4.26. The minimum atomic E-state index is -0.696. The van der Waals surface area contributed by atoms with E-state index in [9.17, 15) is 14.7 Å². The van der Waals surface area contributed by atoms with Crippen LogP contribution in [0.1, 0.15) is 80.6 Å². The minimum Gasteiger partial charge on any atom is -0.457 e. The summed E-state index contributed by atoms with van der Waals surface area (Å²) < 4.78 is 5.49. The molecule has 146 valence electrons. The van der Waals surface area contributed by atoms with Crippen LogP contribution in [0.4, 0.5) is 0 Å². The van der Waals surface area contributed by atoms with Gasteiger partial charge in [0.1, 0.15) is 0 Å². The number of rotatable bonds is 6. The molecule has 1 aromatic carbocycles. The van der Waals surface area contributed by atoms with E-state index in [4.69, 9.17) is 4.74 Å². The summed E-state index contributed by atoms with van der Waals surface area (Å²) in [6, 6.07) is 7.62. The first-order chi connectivity index (χ1) is 12.8. The standard InChI is InChI=1S/C23H30O4/c1-3-15(2)18-4-6-19(7-5-18)20(24)13-27-21(25)22-9-16-8-17(10-22)12-23(26,11-16)14-22/h4-7,15-17,26H,3,8-14H2,1-2H3/t15-,16-,17+,22?,23?/m0/s1. The SMILES string of the molecule is CC[C@H](C)c1ccc(C(=O)COC(=O)C23C[C@@H]4C[C@@H](CC(O)(C4)C2)C3)cc1. The molecule has 5 atom stereocenters. The van der Waals surface area contributed by atoms with E-state index < -0.39 is 11.0 Å². The van der Waals surface area contributed by atoms with E-state index in [2.05, 4.69) is 13.8 Å². The Morgan fingerprint density at radius 2 is 1.78 bits per heavy atom. The molecule has 4 aliphatic carbocycles. The van der Waals surface area contributed by atoms with Crippen LogP contribution < -0.4 is 0 Å². The zero-order valence-corrected chi connectivity index (χ0v) is 16.4. The molecule has 4 saturated carbocycles. The molecule has 1 aromatic rings. The van der Waals surface area contributed by atoms with Gasteiger partial charge in [-0.25, -0.2) is 0 Å². The number of Topliss-reactive ketones (excluding diaryl/α,β-unsaturated/α-hetero) is 1. The lowest BCUT2D eigenvalue weighted by Gasteiger charge is -2.58. The van der Waals surface area contributed by atoms with Crippen LogP contribution in [-0.4, -0.2) is 29.1 Å². The van der Waals surface area contributed by atoms with Crippen molar-refractivity contribution in [1.29, 1.82) is 0 Å². The lowest BCUT2D eigenvalue weighted by atomic mass is 9.48. The lowest BCUT2D eigenvalue weighted by molar-refractivity contribution is -0.195. The quantitative estimate of drug-likeness (QED) is 0.600. The second-order valence-electron chi connectivity index (χ2n) is 9.40. The summed E-state index contributed by atoms with van der Waals surface area (Å²) in [6.07, 6.45) is 5.94. The number of esters is 1. The van der Waals surface area contributed by atoms with Crippen molar-refractivity contribution in [2.45, 2.75) is 70.3 Å². The van der Waals surface area contributed by atoms with Crippen LogP contribution in [-0.2, 0) is 9.53 Å². The number of aliphatic hydroxyl groups is 1. The van der Waals surface area contributed by atoms with Gasteiger partial charge >= 0.3 is 5.97 Å². The van der Waals surface area contributed by atoms with E-state index in [1.807, 2.05) is 24.3 Å². The average Bonchev–Trinajstić information content (AvgIpc) is 2.63. The maximum Gasteiger partial charge on any atom is 0.312 e. The van der Waals surface area contributed by atoms with Crippen LogP contribution in [0.5, 0.6) is 0 Å². The molecule has 4 bridgehead atoms. The molecule has 0 heterocycles. The highest BCUT2D eigenvalue weighted by atomic mass is 16.5. The summed E-state index contributed by atoms with van der Waals surface area (Å²) >= 11 is 0. The lowest BCUT2D eigenvalue weighted by Crippen LogP contribution is -2.58. The first-order valence-corrected chi connectivity index (χ1v) is 10.4. The molecule has 1 N–H and O–H groups in total. The van der Waals surface area contributed by atoms with Gasteiger partial charge in [-0.05, 0) is 68.3 Å². The Morgan fingerprint density at radius 3 is 2.33 bits per heavy atom. The predicted molar refractivity (Wildman–Crippen MR) is 103 cm³/mol. The van der Waals surface area contributed by atoms with Gasteiger partial charge in [0.2, 0.25) is 0 Å². The average molecular weight is 370 g/mol. The Bertz CT molecular complexity index is 721. The summed E-state index contributed by atoms with van der Waals surface area (Å²) in [5.74, 6) is 0.871. The highest BCUT2D eigenvalue weighted by Gasteiger charge is 2.60. The highest BCUT2D eigenvalue weighted by molar-refractivity contribution is 5.98. The van der Waals surface area contributed by atoms with Gasteiger partial charge in [-0.15, -0.1) is 0 Å². The third kappa shape index (κ3) is 3.44. The Hall–Kier alpha value is -1.68. The van der Waals surface area contributed by atoms with Gasteiger partial charge in [-0.3, -0.25) is 9.59 Å². The summed E-state index contributed by atoms with van der Waals surface area (Å²) in [6.45, 7) is 4.10. The fourth-order valence-corrected chi connectivity index (χ4v) is 6.05. The van der Waals surface area contributed by atoms with Gasteiger partial charge in [0.25, 0.3) is 0 Å². The zero-order valence-electron chi connectivity index (χ0n) is 16.4. The van der Waals surface area contributed by atoms with E-state index >= 15 is 0 Å². The highest BCUT2D eigenvalue weighted by Crippen LogP contribution is 2.61. The molecular formula is C23H30O4. The van der Waals surface area contributed by atoms with Crippen LogP contribution in [0.15, 0.2) is 24.3 Å². The Kier molecular flexibility index (Phi) is 4.66. The number of carbonyl (C=O) groups excluding carboxylic acids is 2. The van der Waals surface area contributed by atoms with E-state index in [0.717, 1.165) is 38.5 Å². The number of ether oxygens (including phenoxy) is 1. The normalized spacial score (nSPS) is 35.1. The van der Waals surface area contributed by atoms with Gasteiger partial charge < -0.3 is 9.84 Å². The van der Waals surface area contributed by atoms with Crippen molar-refractivity contribution in [2.24, 2.45) is 17.3 Å². The van der Waals surface area contributed by atoms with E-state index in [0.29, 0.717) is 29.7 Å². The molecule has 0 spiro atoms. The molecule has 4 fully saturated rings. The molecule has 0 saturated heterocycles. The summed E-state index contributed by atoms with van der Waals surface area (Å²) in [7, 11) is 0. The molecule has 27 heavy (non-hydrogen) atoms. The topological polar surface area (TPSA) is 63.6 Å². The number of hydrogen-bond acceptors (Lipinski definition) is 4. The molecular weight excluding hydrogens is 340 g/mol. The second kappa shape index (κ2) is 6.73.